The number of rotatable bonds is 4. The zero-order valence-corrected chi connectivity index (χ0v) is 12.9. The van der Waals surface area contributed by atoms with E-state index in [0.29, 0.717) is 0 Å². The Balaban J connectivity index is 2.11. The Morgan fingerprint density at radius 3 is 2.00 bits per heavy atom. The fourth-order valence-electron chi connectivity index (χ4n) is 2.57. The van der Waals surface area contributed by atoms with Gasteiger partial charge in [0.25, 0.3) is 0 Å². The first kappa shape index (κ1) is 19.3. The minimum absolute atomic E-state index is 0.0271. The summed E-state index contributed by atoms with van der Waals surface area (Å²) >= 11 is 3.96. The van der Waals surface area contributed by atoms with Crippen LogP contribution in [0.25, 0.3) is 0 Å². The summed E-state index contributed by atoms with van der Waals surface area (Å²) < 4.78 is 15.5. The van der Waals surface area contributed by atoms with Crippen LogP contribution in [0.5, 0.6) is 0 Å². The first-order chi connectivity index (χ1) is 10.8. The van der Waals surface area contributed by atoms with Gasteiger partial charge in [0.15, 0.2) is 12.6 Å². The van der Waals surface area contributed by atoms with Crippen molar-refractivity contribution in [2.45, 2.75) is 61.4 Å². The summed E-state index contributed by atoms with van der Waals surface area (Å²) in [4.78, 5) is 0. The maximum absolute atomic E-state index is 9.98. The Kier molecular flexibility index (Phi) is 6.61. The fourth-order valence-corrected chi connectivity index (χ4v) is 2.87. The molecule has 0 spiro atoms. The average molecular weight is 358 g/mol. The number of thiol groups is 1. The van der Waals surface area contributed by atoms with Crippen LogP contribution in [-0.2, 0) is 14.2 Å². The highest BCUT2D eigenvalue weighted by atomic mass is 32.1. The minimum atomic E-state index is -1.71. The van der Waals surface area contributed by atoms with Gasteiger partial charge >= 0.3 is 0 Å². The molecule has 10 atom stereocenters. The van der Waals surface area contributed by atoms with Crippen molar-refractivity contribution in [1.82, 2.24) is 0 Å². The summed E-state index contributed by atoms with van der Waals surface area (Å²) in [6.45, 7) is -0.643. The molecule has 6 unspecified atom stereocenters. The van der Waals surface area contributed by atoms with Gasteiger partial charge in [-0.1, -0.05) is 0 Å². The Bertz CT molecular complexity index is 383. The number of hydrogen-bond donors (Lipinski definition) is 8. The minimum Gasteiger partial charge on any atom is -0.394 e. The Morgan fingerprint density at radius 2 is 1.43 bits per heavy atom. The Morgan fingerprint density at radius 1 is 0.783 bits per heavy atom. The predicted octanol–water partition coefficient (Wildman–Crippen LogP) is -4.46. The standard InChI is InChI=1S/C12H22O10S/c13-1-3-10(7(16)8(17)11(19)20-3)22-12-9(18)6(15)5(14)4(2-23)21-12/h3-19,23H,1-2H2/t3?,4?,5-,6?,7+,8?,9?,10+,11?,12-/m0/s1. The first-order valence-corrected chi connectivity index (χ1v) is 7.71. The smallest absolute Gasteiger partial charge is 0.187 e. The number of ether oxygens (including phenoxy) is 3. The molecule has 2 rings (SSSR count). The molecule has 7 N–H and O–H groups in total. The zero-order valence-electron chi connectivity index (χ0n) is 12.0. The van der Waals surface area contributed by atoms with Crippen LogP contribution in [-0.4, -0.2) is 110 Å². The fraction of sp³-hybridized carbons (Fsp3) is 1.00. The molecular weight excluding hydrogens is 336 g/mol. The van der Waals surface area contributed by atoms with E-state index in [9.17, 15) is 35.7 Å². The van der Waals surface area contributed by atoms with Gasteiger partial charge < -0.3 is 50.0 Å². The number of aliphatic hydroxyl groups is 7. The average Bonchev–Trinajstić information content (AvgIpc) is 2.55. The van der Waals surface area contributed by atoms with Gasteiger partial charge in [-0.15, -0.1) is 0 Å². The summed E-state index contributed by atoms with van der Waals surface area (Å²) in [5, 5.41) is 67.7. The van der Waals surface area contributed by atoms with Crippen molar-refractivity contribution >= 4 is 12.6 Å². The molecule has 2 saturated heterocycles. The molecule has 2 aliphatic heterocycles. The molecule has 0 bridgehead atoms. The van der Waals surface area contributed by atoms with E-state index in [0.717, 1.165) is 0 Å². The molecule has 2 heterocycles. The Hall–Kier alpha value is -0.0500. The normalized spacial score (nSPS) is 51.7. The van der Waals surface area contributed by atoms with Gasteiger partial charge in [0, 0.05) is 5.75 Å². The topological polar surface area (TPSA) is 169 Å². The van der Waals surface area contributed by atoms with Gasteiger partial charge in [-0.3, -0.25) is 0 Å². The van der Waals surface area contributed by atoms with Crippen molar-refractivity contribution in [3.63, 3.8) is 0 Å². The monoisotopic (exact) mass is 358 g/mol. The molecule has 2 fully saturated rings. The van der Waals surface area contributed by atoms with Crippen molar-refractivity contribution in [3.8, 4) is 0 Å². The lowest BCUT2D eigenvalue weighted by molar-refractivity contribution is -0.351. The van der Waals surface area contributed by atoms with Crippen LogP contribution in [0.4, 0.5) is 0 Å². The third-order valence-corrected chi connectivity index (χ3v) is 4.34. The van der Waals surface area contributed by atoms with Crippen molar-refractivity contribution in [2.75, 3.05) is 12.4 Å². The van der Waals surface area contributed by atoms with Crippen LogP contribution in [0.3, 0.4) is 0 Å². The maximum Gasteiger partial charge on any atom is 0.187 e. The van der Waals surface area contributed by atoms with E-state index in [1.54, 1.807) is 0 Å². The van der Waals surface area contributed by atoms with E-state index < -0.39 is 68.0 Å². The van der Waals surface area contributed by atoms with Crippen LogP contribution >= 0.6 is 12.6 Å². The second-order valence-corrected chi connectivity index (χ2v) is 5.89. The zero-order chi connectivity index (χ0) is 17.3. The summed E-state index contributed by atoms with van der Waals surface area (Å²) in [5.41, 5.74) is 0. The predicted molar refractivity (Wildman–Crippen MR) is 75.4 cm³/mol. The second-order valence-electron chi connectivity index (χ2n) is 5.53. The van der Waals surface area contributed by atoms with Gasteiger partial charge in [0.05, 0.1) is 12.7 Å². The largest absolute Gasteiger partial charge is 0.394 e. The highest BCUT2D eigenvalue weighted by Gasteiger charge is 2.49. The second kappa shape index (κ2) is 7.89. The highest BCUT2D eigenvalue weighted by molar-refractivity contribution is 7.80. The van der Waals surface area contributed by atoms with Crippen LogP contribution < -0.4 is 0 Å². The van der Waals surface area contributed by atoms with Crippen molar-refractivity contribution < 1.29 is 50.0 Å². The van der Waals surface area contributed by atoms with Crippen molar-refractivity contribution in [1.29, 1.82) is 0 Å². The maximum atomic E-state index is 9.98. The van der Waals surface area contributed by atoms with E-state index in [-0.39, 0.29) is 5.75 Å². The molecule has 0 radical (unpaired) electrons. The van der Waals surface area contributed by atoms with E-state index in [1.165, 1.54) is 0 Å². The SMILES string of the molecule is OCC1OC(O)C(O)[C@@H](O)[C@@H]1O[C@@H]1OC(CS)[C@H](O)C(O)C1O. The first-order valence-electron chi connectivity index (χ1n) is 7.08. The van der Waals surface area contributed by atoms with Crippen LogP contribution in [0, 0.1) is 0 Å². The third-order valence-electron chi connectivity index (χ3n) is 3.98. The number of hydrogen-bond acceptors (Lipinski definition) is 11. The van der Waals surface area contributed by atoms with Crippen molar-refractivity contribution in [2.24, 2.45) is 0 Å². The molecule has 23 heavy (non-hydrogen) atoms. The van der Waals surface area contributed by atoms with Gasteiger partial charge in [-0.05, 0) is 0 Å². The van der Waals surface area contributed by atoms with Gasteiger partial charge in [0.2, 0.25) is 0 Å². The quantitative estimate of drug-likeness (QED) is 0.229. The Labute approximate surface area is 137 Å². The molecule has 0 amide bonds. The molecule has 11 heteroatoms. The molecule has 0 saturated carbocycles. The number of aliphatic hydroxyl groups excluding tert-OH is 7. The lowest BCUT2D eigenvalue weighted by atomic mass is 9.97. The summed E-state index contributed by atoms with van der Waals surface area (Å²) in [5.74, 6) is 0.0271. The summed E-state index contributed by atoms with van der Waals surface area (Å²) in [6.07, 6.45) is -14.6. The molecule has 2 aliphatic rings. The van der Waals surface area contributed by atoms with Gasteiger partial charge in [0.1, 0.15) is 42.7 Å². The van der Waals surface area contributed by atoms with E-state index in [1.807, 2.05) is 0 Å². The van der Waals surface area contributed by atoms with Crippen LogP contribution in [0.2, 0.25) is 0 Å². The third kappa shape index (κ3) is 3.80. The molecular formula is C12H22O10S. The summed E-state index contributed by atoms with van der Waals surface area (Å²) in [7, 11) is 0. The van der Waals surface area contributed by atoms with Gasteiger partial charge in [-0.25, -0.2) is 0 Å². The lowest BCUT2D eigenvalue weighted by Gasteiger charge is -2.45. The summed E-state index contributed by atoms with van der Waals surface area (Å²) in [6, 6.07) is 0. The molecule has 0 aliphatic carbocycles. The lowest BCUT2D eigenvalue weighted by Crippen LogP contribution is -2.64. The highest BCUT2D eigenvalue weighted by Crippen LogP contribution is 2.28. The molecule has 0 aromatic heterocycles. The molecule has 10 nitrogen and oxygen atoms in total. The van der Waals surface area contributed by atoms with Gasteiger partial charge in [-0.2, -0.15) is 12.6 Å². The van der Waals surface area contributed by atoms with Crippen molar-refractivity contribution in [3.05, 3.63) is 0 Å². The molecule has 0 aromatic rings. The van der Waals surface area contributed by atoms with Crippen LogP contribution in [0.1, 0.15) is 0 Å². The molecule has 0 aromatic carbocycles. The van der Waals surface area contributed by atoms with E-state index >= 15 is 0 Å². The molecule has 136 valence electrons. The van der Waals surface area contributed by atoms with E-state index in [4.69, 9.17) is 14.2 Å². The van der Waals surface area contributed by atoms with E-state index in [2.05, 4.69) is 12.6 Å². The van der Waals surface area contributed by atoms with Crippen LogP contribution in [0.15, 0.2) is 0 Å².